The lowest BCUT2D eigenvalue weighted by Crippen LogP contribution is -2.00. The summed E-state index contributed by atoms with van der Waals surface area (Å²) in [6.45, 7) is 0. The summed E-state index contributed by atoms with van der Waals surface area (Å²) in [4.78, 5) is 15.5. The highest BCUT2D eigenvalue weighted by Crippen LogP contribution is 2.36. The molecule has 0 radical (unpaired) electrons. The van der Waals surface area contributed by atoms with Gasteiger partial charge in [-0.1, -0.05) is 18.2 Å². The van der Waals surface area contributed by atoms with Gasteiger partial charge in [-0.05, 0) is 23.1 Å². The molecule has 102 valence electrons. The van der Waals surface area contributed by atoms with E-state index in [-0.39, 0.29) is 6.42 Å². The Morgan fingerprint density at radius 2 is 2.20 bits per heavy atom. The number of carboxylic acids is 1. The Kier molecular flexibility index (Phi) is 3.20. The normalized spacial score (nSPS) is 10.8. The number of aromatic nitrogens is 1. The van der Waals surface area contributed by atoms with Gasteiger partial charge >= 0.3 is 5.97 Å². The lowest BCUT2D eigenvalue weighted by Gasteiger charge is -2.01. The fourth-order valence-corrected chi connectivity index (χ4v) is 3.14. The molecule has 4 nitrogen and oxygen atoms in total. The molecule has 5 heteroatoms. The number of hydrogen-bond acceptors (Lipinski definition) is 3. The minimum Gasteiger partial charge on any atom is -0.495 e. The summed E-state index contributed by atoms with van der Waals surface area (Å²) in [7, 11) is 1.61. The van der Waals surface area contributed by atoms with E-state index in [2.05, 4.69) is 4.98 Å². The number of aromatic amines is 1. The van der Waals surface area contributed by atoms with Crippen LogP contribution in [0.1, 0.15) is 5.56 Å². The number of rotatable bonds is 4. The molecule has 0 saturated heterocycles. The highest BCUT2D eigenvalue weighted by molar-refractivity contribution is 7.13. The zero-order valence-corrected chi connectivity index (χ0v) is 11.7. The lowest BCUT2D eigenvalue weighted by atomic mass is 10.1. The van der Waals surface area contributed by atoms with Gasteiger partial charge in [0.2, 0.25) is 0 Å². The van der Waals surface area contributed by atoms with Crippen LogP contribution in [-0.2, 0) is 11.2 Å². The Labute approximate surface area is 119 Å². The van der Waals surface area contributed by atoms with E-state index in [0.29, 0.717) is 0 Å². The van der Waals surface area contributed by atoms with Crippen molar-refractivity contribution in [1.29, 1.82) is 0 Å². The first-order valence-corrected chi connectivity index (χ1v) is 7.02. The first-order chi connectivity index (χ1) is 9.70. The van der Waals surface area contributed by atoms with Crippen LogP contribution >= 0.6 is 11.3 Å². The van der Waals surface area contributed by atoms with Gasteiger partial charge < -0.3 is 14.8 Å². The molecule has 2 heterocycles. The fourth-order valence-electron chi connectivity index (χ4n) is 2.38. The molecular formula is C15H13NO3S. The van der Waals surface area contributed by atoms with Crippen molar-refractivity contribution >= 4 is 28.2 Å². The number of aliphatic carboxylic acids is 1. The topological polar surface area (TPSA) is 62.3 Å². The van der Waals surface area contributed by atoms with E-state index in [1.807, 2.05) is 35.7 Å². The maximum Gasteiger partial charge on any atom is 0.307 e. The molecule has 2 N–H and O–H groups in total. The number of carbonyl (C=O) groups is 1. The molecule has 3 aromatic rings. The third kappa shape index (κ3) is 2.06. The third-order valence-corrected chi connectivity index (χ3v) is 4.11. The van der Waals surface area contributed by atoms with Gasteiger partial charge in [0.05, 0.1) is 29.6 Å². The van der Waals surface area contributed by atoms with Crippen molar-refractivity contribution in [3.63, 3.8) is 0 Å². The number of ether oxygens (including phenoxy) is 1. The third-order valence-electron chi connectivity index (χ3n) is 3.22. The summed E-state index contributed by atoms with van der Waals surface area (Å²) in [5.41, 5.74) is 2.51. The van der Waals surface area contributed by atoms with Crippen LogP contribution in [0.25, 0.3) is 21.5 Å². The van der Waals surface area contributed by atoms with Gasteiger partial charge in [-0.2, -0.15) is 0 Å². The monoisotopic (exact) mass is 287 g/mol. The molecule has 0 amide bonds. The van der Waals surface area contributed by atoms with Crippen LogP contribution in [0.15, 0.2) is 35.7 Å². The minimum atomic E-state index is -0.841. The maximum absolute atomic E-state index is 11.1. The summed E-state index contributed by atoms with van der Waals surface area (Å²) >= 11 is 1.58. The predicted octanol–water partition coefficient (Wildman–Crippen LogP) is 3.53. The molecule has 20 heavy (non-hydrogen) atoms. The molecule has 0 saturated carbocycles. The van der Waals surface area contributed by atoms with Gasteiger partial charge in [-0.15, -0.1) is 11.3 Å². The number of benzene rings is 1. The van der Waals surface area contributed by atoms with E-state index in [1.165, 1.54) is 0 Å². The van der Waals surface area contributed by atoms with Crippen LogP contribution in [0.4, 0.5) is 0 Å². The van der Waals surface area contributed by atoms with Crippen molar-refractivity contribution in [1.82, 2.24) is 4.98 Å². The van der Waals surface area contributed by atoms with Crippen molar-refractivity contribution in [3.05, 3.63) is 41.3 Å². The van der Waals surface area contributed by atoms with Crippen LogP contribution in [0.2, 0.25) is 0 Å². The largest absolute Gasteiger partial charge is 0.495 e. The second kappa shape index (κ2) is 5.02. The van der Waals surface area contributed by atoms with Gasteiger partial charge in [-0.25, -0.2) is 0 Å². The van der Waals surface area contributed by atoms with Gasteiger partial charge in [0.15, 0.2) is 0 Å². The molecule has 0 spiro atoms. The smallest absolute Gasteiger partial charge is 0.307 e. The number of thiophene rings is 1. The van der Waals surface area contributed by atoms with Gasteiger partial charge in [-0.3, -0.25) is 4.79 Å². The predicted molar refractivity (Wildman–Crippen MR) is 79.5 cm³/mol. The van der Waals surface area contributed by atoms with Crippen molar-refractivity contribution in [2.45, 2.75) is 6.42 Å². The van der Waals surface area contributed by atoms with Crippen molar-refractivity contribution in [3.8, 4) is 16.3 Å². The summed E-state index contributed by atoms with van der Waals surface area (Å²) in [5.74, 6) is -0.122. The number of nitrogens with one attached hydrogen (secondary N) is 1. The van der Waals surface area contributed by atoms with Crippen LogP contribution in [-0.4, -0.2) is 23.2 Å². The number of methoxy groups -OCH3 is 1. The standard InChI is InChI=1S/C15H13NO3S/c1-19-11-5-2-4-9-10(8-13(17)18)15(16-14(9)11)12-6-3-7-20-12/h2-7,16H,8H2,1H3,(H,17,18). The quantitative estimate of drug-likeness (QED) is 0.771. The Bertz CT molecular complexity index is 759. The number of fused-ring (bicyclic) bond motifs is 1. The number of hydrogen-bond donors (Lipinski definition) is 2. The summed E-state index contributed by atoms with van der Waals surface area (Å²) in [6.07, 6.45) is -0.0135. The van der Waals surface area contributed by atoms with E-state index in [9.17, 15) is 4.79 Å². The maximum atomic E-state index is 11.1. The average molecular weight is 287 g/mol. The fraction of sp³-hybridized carbons (Fsp3) is 0.133. The molecular weight excluding hydrogens is 274 g/mol. The van der Waals surface area contributed by atoms with Gasteiger partial charge in [0.25, 0.3) is 0 Å². The van der Waals surface area contributed by atoms with Crippen molar-refractivity contribution < 1.29 is 14.6 Å². The number of carboxylic acid groups (broad SMARTS) is 1. The first kappa shape index (κ1) is 12.7. The zero-order valence-electron chi connectivity index (χ0n) is 10.8. The summed E-state index contributed by atoms with van der Waals surface area (Å²) < 4.78 is 5.34. The van der Waals surface area contributed by atoms with E-state index in [4.69, 9.17) is 9.84 Å². The van der Waals surface area contributed by atoms with Crippen LogP contribution in [0, 0.1) is 0 Å². The first-order valence-electron chi connectivity index (χ1n) is 6.14. The van der Waals surface area contributed by atoms with E-state index >= 15 is 0 Å². The van der Waals surface area contributed by atoms with E-state index in [1.54, 1.807) is 18.4 Å². The summed E-state index contributed by atoms with van der Waals surface area (Å²) in [6, 6.07) is 9.59. The zero-order chi connectivity index (χ0) is 14.1. The molecule has 2 aromatic heterocycles. The van der Waals surface area contributed by atoms with Crippen molar-refractivity contribution in [2.24, 2.45) is 0 Å². The SMILES string of the molecule is COc1cccc2c(CC(=O)O)c(-c3cccs3)[nH]c12. The average Bonchev–Trinajstić information content (AvgIpc) is 3.05. The van der Waals surface area contributed by atoms with Gasteiger partial charge in [0, 0.05) is 5.39 Å². The minimum absolute atomic E-state index is 0.0135. The number of H-pyrrole nitrogens is 1. The molecule has 0 aliphatic heterocycles. The van der Waals surface area contributed by atoms with Crippen molar-refractivity contribution in [2.75, 3.05) is 7.11 Å². The Balaban J connectivity index is 2.30. The molecule has 0 atom stereocenters. The molecule has 0 aliphatic rings. The van der Waals surface area contributed by atoms with E-state index < -0.39 is 5.97 Å². The van der Waals surface area contributed by atoms with Crippen LogP contribution in [0.5, 0.6) is 5.75 Å². The molecule has 0 aliphatic carbocycles. The second-order valence-corrected chi connectivity index (χ2v) is 5.36. The molecule has 1 aromatic carbocycles. The molecule has 3 rings (SSSR count). The van der Waals surface area contributed by atoms with Crippen LogP contribution < -0.4 is 4.74 Å². The number of para-hydroxylation sites is 1. The molecule has 0 unspecified atom stereocenters. The van der Waals surface area contributed by atoms with E-state index in [0.717, 1.165) is 32.8 Å². The Hall–Kier alpha value is -2.27. The lowest BCUT2D eigenvalue weighted by molar-refractivity contribution is -0.136. The highest BCUT2D eigenvalue weighted by Gasteiger charge is 2.18. The molecule has 0 bridgehead atoms. The summed E-state index contributed by atoms with van der Waals surface area (Å²) in [5, 5.41) is 12.0. The van der Waals surface area contributed by atoms with Gasteiger partial charge in [0.1, 0.15) is 5.75 Å². The van der Waals surface area contributed by atoms with Crippen LogP contribution in [0.3, 0.4) is 0 Å². The molecule has 0 fully saturated rings. The highest BCUT2D eigenvalue weighted by atomic mass is 32.1. The Morgan fingerprint density at radius 3 is 2.85 bits per heavy atom. The second-order valence-electron chi connectivity index (χ2n) is 4.41. The Morgan fingerprint density at radius 1 is 1.35 bits per heavy atom.